The van der Waals surface area contributed by atoms with Crippen LogP contribution in [0, 0.1) is 0 Å². The molecule has 1 amide bonds. The minimum atomic E-state index is -0.308. The van der Waals surface area contributed by atoms with Gasteiger partial charge in [0.1, 0.15) is 5.75 Å². The van der Waals surface area contributed by atoms with Crippen LogP contribution in [0.4, 0.5) is 0 Å². The summed E-state index contributed by atoms with van der Waals surface area (Å²) in [7, 11) is 0. The van der Waals surface area contributed by atoms with Crippen LogP contribution in [0.15, 0.2) is 24.3 Å². The summed E-state index contributed by atoms with van der Waals surface area (Å²) in [5, 5.41) is 9.41. The van der Waals surface area contributed by atoms with Crippen molar-refractivity contribution in [3.05, 3.63) is 29.8 Å². The first-order chi connectivity index (χ1) is 11.1. The number of carbonyl (C=O) groups is 1. The van der Waals surface area contributed by atoms with Crippen molar-refractivity contribution in [1.82, 2.24) is 9.80 Å². The fourth-order valence-corrected chi connectivity index (χ4v) is 2.88. The molecule has 1 heterocycles. The third-order valence-electron chi connectivity index (χ3n) is 4.11. The average molecular weight is 320 g/mol. The lowest BCUT2D eigenvalue weighted by Crippen LogP contribution is -2.50. The molecule has 1 aromatic carbocycles. The van der Waals surface area contributed by atoms with Crippen LogP contribution in [0.1, 0.15) is 25.8 Å². The lowest BCUT2D eigenvalue weighted by Gasteiger charge is -2.35. The number of aliphatic hydroxyl groups excluding tert-OH is 1. The van der Waals surface area contributed by atoms with Gasteiger partial charge in [-0.1, -0.05) is 12.1 Å². The summed E-state index contributed by atoms with van der Waals surface area (Å²) < 4.78 is 5.42. The number of carbonyl (C=O) groups excluding carboxylic acids is 1. The van der Waals surface area contributed by atoms with Gasteiger partial charge in [0.15, 0.2) is 0 Å². The summed E-state index contributed by atoms with van der Waals surface area (Å²) in [5.41, 5.74) is 1.16. The number of nitrogens with zero attached hydrogens (tertiary/aromatic N) is 2. The summed E-state index contributed by atoms with van der Waals surface area (Å²) in [6.07, 6.45) is 1.00. The Labute approximate surface area is 138 Å². The summed E-state index contributed by atoms with van der Waals surface area (Å²) in [6.45, 7) is 8.33. The van der Waals surface area contributed by atoms with Crippen LogP contribution in [0.5, 0.6) is 5.75 Å². The number of β-amino-alcohol motifs (C(OH)–C–C–N with tert-alkyl or cyclic N) is 1. The Hall–Kier alpha value is -1.59. The second kappa shape index (κ2) is 8.89. The van der Waals surface area contributed by atoms with Crippen LogP contribution < -0.4 is 4.74 Å². The van der Waals surface area contributed by atoms with Gasteiger partial charge < -0.3 is 14.7 Å². The number of rotatable bonds is 7. The third-order valence-corrected chi connectivity index (χ3v) is 4.11. The SMILES string of the molecule is CCOc1ccc(CCC(=O)N2CCN(C[C@@H](C)O)CC2)cc1. The van der Waals surface area contributed by atoms with E-state index < -0.39 is 0 Å². The van der Waals surface area contributed by atoms with Crippen LogP contribution >= 0.6 is 0 Å². The number of amides is 1. The van der Waals surface area contributed by atoms with Crippen LogP contribution in [-0.4, -0.2) is 66.2 Å². The van der Waals surface area contributed by atoms with Crippen molar-refractivity contribution in [3.8, 4) is 5.75 Å². The van der Waals surface area contributed by atoms with Crippen molar-refractivity contribution >= 4 is 5.91 Å². The Balaban J connectivity index is 1.73. The Bertz CT molecular complexity index is 480. The topological polar surface area (TPSA) is 53.0 Å². The zero-order chi connectivity index (χ0) is 16.7. The van der Waals surface area contributed by atoms with Crippen molar-refractivity contribution in [2.75, 3.05) is 39.3 Å². The molecule has 0 radical (unpaired) electrons. The normalized spacial score (nSPS) is 17.1. The van der Waals surface area contributed by atoms with E-state index in [9.17, 15) is 9.90 Å². The van der Waals surface area contributed by atoms with Crippen LogP contribution in [0.25, 0.3) is 0 Å². The maximum Gasteiger partial charge on any atom is 0.222 e. The number of piperazine rings is 1. The summed E-state index contributed by atoms with van der Waals surface area (Å²) in [5.74, 6) is 1.09. The molecule has 1 aromatic rings. The second-order valence-electron chi connectivity index (χ2n) is 6.11. The van der Waals surface area contributed by atoms with E-state index in [0.717, 1.165) is 43.9 Å². The van der Waals surface area contributed by atoms with E-state index >= 15 is 0 Å². The highest BCUT2D eigenvalue weighted by molar-refractivity contribution is 5.76. The molecule has 1 aliphatic heterocycles. The van der Waals surface area contributed by atoms with Gasteiger partial charge in [0.2, 0.25) is 5.91 Å². The highest BCUT2D eigenvalue weighted by Gasteiger charge is 2.21. The molecule has 2 rings (SSSR count). The Morgan fingerprint density at radius 1 is 1.22 bits per heavy atom. The molecule has 0 aromatic heterocycles. The lowest BCUT2D eigenvalue weighted by atomic mass is 10.1. The Morgan fingerprint density at radius 2 is 1.87 bits per heavy atom. The van der Waals surface area contributed by atoms with E-state index in [2.05, 4.69) is 4.90 Å². The standard InChI is InChI=1S/C18H28N2O3/c1-3-23-17-7-4-16(5-8-17)6-9-18(22)20-12-10-19(11-13-20)14-15(2)21/h4-5,7-8,15,21H,3,6,9-14H2,1-2H3/t15-/m1/s1. The molecule has 23 heavy (non-hydrogen) atoms. The quantitative estimate of drug-likeness (QED) is 0.828. The predicted octanol–water partition coefficient (Wildman–Crippen LogP) is 1.54. The minimum absolute atomic E-state index is 0.218. The third kappa shape index (κ3) is 5.84. The van der Waals surface area contributed by atoms with Gasteiger partial charge >= 0.3 is 0 Å². The van der Waals surface area contributed by atoms with E-state index in [1.165, 1.54) is 0 Å². The molecule has 1 atom stereocenters. The maximum absolute atomic E-state index is 12.3. The molecule has 1 fully saturated rings. The molecular formula is C18H28N2O3. The molecule has 5 nitrogen and oxygen atoms in total. The molecule has 128 valence electrons. The minimum Gasteiger partial charge on any atom is -0.494 e. The smallest absolute Gasteiger partial charge is 0.222 e. The van der Waals surface area contributed by atoms with Crippen molar-refractivity contribution in [2.24, 2.45) is 0 Å². The largest absolute Gasteiger partial charge is 0.494 e. The van der Waals surface area contributed by atoms with Gasteiger partial charge in [-0.15, -0.1) is 0 Å². The maximum atomic E-state index is 12.3. The van der Waals surface area contributed by atoms with E-state index in [4.69, 9.17) is 4.74 Å². The van der Waals surface area contributed by atoms with E-state index in [1.807, 2.05) is 36.1 Å². The summed E-state index contributed by atoms with van der Waals surface area (Å²) >= 11 is 0. The van der Waals surface area contributed by atoms with Crippen LogP contribution in [0.3, 0.4) is 0 Å². The summed E-state index contributed by atoms with van der Waals surface area (Å²) in [4.78, 5) is 16.4. The molecule has 0 unspecified atom stereocenters. The number of benzene rings is 1. The van der Waals surface area contributed by atoms with Gasteiger partial charge in [0.05, 0.1) is 12.7 Å². The van der Waals surface area contributed by atoms with Gasteiger partial charge in [-0.3, -0.25) is 9.69 Å². The average Bonchev–Trinajstić information content (AvgIpc) is 2.54. The van der Waals surface area contributed by atoms with E-state index in [0.29, 0.717) is 19.6 Å². The molecule has 5 heteroatoms. The van der Waals surface area contributed by atoms with Gasteiger partial charge in [-0.2, -0.15) is 0 Å². The second-order valence-corrected chi connectivity index (χ2v) is 6.11. The first-order valence-electron chi connectivity index (χ1n) is 8.48. The fraction of sp³-hybridized carbons (Fsp3) is 0.611. The van der Waals surface area contributed by atoms with E-state index in [-0.39, 0.29) is 12.0 Å². The molecule has 1 aliphatic rings. The summed E-state index contributed by atoms with van der Waals surface area (Å²) in [6, 6.07) is 7.97. The first kappa shape index (κ1) is 17.8. The lowest BCUT2D eigenvalue weighted by molar-refractivity contribution is -0.133. The molecular weight excluding hydrogens is 292 g/mol. The van der Waals surface area contributed by atoms with Crippen molar-refractivity contribution in [2.45, 2.75) is 32.8 Å². The van der Waals surface area contributed by atoms with Gasteiger partial charge in [-0.25, -0.2) is 0 Å². The molecule has 1 saturated heterocycles. The monoisotopic (exact) mass is 320 g/mol. The zero-order valence-corrected chi connectivity index (χ0v) is 14.2. The first-order valence-corrected chi connectivity index (χ1v) is 8.48. The van der Waals surface area contributed by atoms with Gasteiger partial charge in [0, 0.05) is 39.1 Å². The molecule has 0 bridgehead atoms. The molecule has 0 saturated carbocycles. The number of hydrogen-bond donors (Lipinski definition) is 1. The Kier molecular flexibility index (Phi) is 6.86. The number of ether oxygens (including phenoxy) is 1. The van der Waals surface area contributed by atoms with Crippen LogP contribution in [-0.2, 0) is 11.2 Å². The van der Waals surface area contributed by atoms with Gasteiger partial charge in [0.25, 0.3) is 0 Å². The number of hydrogen-bond acceptors (Lipinski definition) is 4. The van der Waals surface area contributed by atoms with Crippen LogP contribution in [0.2, 0.25) is 0 Å². The molecule has 0 spiro atoms. The Morgan fingerprint density at radius 3 is 2.43 bits per heavy atom. The highest BCUT2D eigenvalue weighted by Crippen LogP contribution is 2.14. The number of aliphatic hydroxyl groups is 1. The van der Waals surface area contributed by atoms with Crippen molar-refractivity contribution in [1.29, 1.82) is 0 Å². The predicted molar refractivity (Wildman–Crippen MR) is 90.6 cm³/mol. The number of aryl methyl sites for hydroxylation is 1. The van der Waals surface area contributed by atoms with E-state index in [1.54, 1.807) is 6.92 Å². The highest BCUT2D eigenvalue weighted by atomic mass is 16.5. The van der Waals surface area contributed by atoms with Gasteiger partial charge in [-0.05, 0) is 38.0 Å². The molecule has 0 aliphatic carbocycles. The zero-order valence-electron chi connectivity index (χ0n) is 14.2. The van der Waals surface area contributed by atoms with Crippen molar-refractivity contribution in [3.63, 3.8) is 0 Å². The fourth-order valence-electron chi connectivity index (χ4n) is 2.88. The van der Waals surface area contributed by atoms with Crippen molar-refractivity contribution < 1.29 is 14.6 Å². The molecule has 1 N–H and O–H groups in total.